The first-order valence-corrected chi connectivity index (χ1v) is 8.23. The lowest BCUT2D eigenvalue weighted by Gasteiger charge is -2.17. The summed E-state index contributed by atoms with van der Waals surface area (Å²) in [6.45, 7) is 3.14. The van der Waals surface area contributed by atoms with E-state index in [9.17, 15) is 4.79 Å². The van der Waals surface area contributed by atoms with Crippen molar-refractivity contribution in [3.63, 3.8) is 0 Å². The quantitative estimate of drug-likeness (QED) is 0.559. The average molecular weight is 304 g/mol. The standard InChI is InChI=1S/C20H20N2O/c1-3-4-12-21-20-18-13-8-5-6-9-14(13)19(23)15-10-7-11-16(17(15)18)22(20)2/h5-11,21H,3-4,12H2,1-2H3. The number of nitrogens with one attached hydrogen (secondary N) is 1. The Kier molecular flexibility index (Phi) is 3.22. The highest BCUT2D eigenvalue weighted by Crippen LogP contribution is 2.45. The van der Waals surface area contributed by atoms with Crippen molar-refractivity contribution < 1.29 is 4.79 Å². The van der Waals surface area contributed by atoms with E-state index >= 15 is 0 Å². The number of anilines is 1. The molecule has 0 unspecified atom stereocenters. The Hall–Kier alpha value is -2.55. The third-order valence-corrected chi connectivity index (χ3v) is 4.73. The highest BCUT2D eigenvalue weighted by molar-refractivity contribution is 6.27. The van der Waals surface area contributed by atoms with E-state index in [-0.39, 0.29) is 5.78 Å². The van der Waals surface area contributed by atoms with Crippen molar-refractivity contribution in [1.29, 1.82) is 0 Å². The van der Waals surface area contributed by atoms with E-state index in [1.807, 2.05) is 30.3 Å². The summed E-state index contributed by atoms with van der Waals surface area (Å²) in [5, 5.41) is 4.67. The second kappa shape index (κ2) is 5.27. The van der Waals surface area contributed by atoms with Crippen LogP contribution in [-0.2, 0) is 7.05 Å². The van der Waals surface area contributed by atoms with Crippen molar-refractivity contribution in [2.75, 3.05) is 11.9 Å². The van der Waals surface area contributed by atoms with Gasteiger partial charge in [0, 0.05) is 35.7 Å². The summed E-state index contributed by atoms with van der Waals surface area (Å²) in [6, 6.07) is 14.0. The SMILES string of the molecule is CCCCNc1c2c3c(cccc3n1C)C(=O)c1ccccc1-2. The third-order valence-electron chi connectivity index (χ3n) is 4.73. The van der Waals surface area contributed by atoms with E-state index in [1.165, 1.54) is 5.56 Å². The van der Waals surface area contributed by atoms with Crippen LogP contribution in [0.3, 0.4) is 0 Å². The summed E-state index contributed by atoms with van der Waals surface area (Å²) >= 11 is 0. The van der Waals surface area contributed by atoms with Gasteiger partial charge < -0.3 is 9.88 Å². The fourth-order valence-corrected chi connectivity index (χ4v) is 3.58. The predicted octanol–water partition coefficient (Wildman–Crippen LogP) is 4.60. The average Bonchev–Trinajstić information content (AvgIpc) is 2.87. The van der Waals surface area contributed by atoms with E-state index in [2.05, 4.69) is 36.0 Å². The molecule has 4 rings (SSSR count). The Balaban J connectivity index is 2.04. The van der Waals surface area contributed by atoms with Gasteiger partial charge in [-0.05, 0) is 18.1 Å². The molecule has 0 saturated carbocycles. The van der Waals surface area contributed by atoms with Crippen LogP contribution in [0.25, 0.3) is 22.0 Å². The van der Waals surface area contributed by atoms with Crippen LogP contribution in [0.5, 0.6) is 0 Å². The second-order valence-electron chi connectivity index (χ2n) is 6.14. The molecular formula is C20H20N2O. The van der Waals surface area contributed by atoms with Crippen molar-refractivity contribution in [3.05, 3.63) is 53.6 Å². The van der Waals surface area contributed by atoms with E-state index in [0.717, 1.165) is 52.8 Å². The first-order chi connectivity index (χ1) is 11.2. The van der Waals surface area contributed by atoms with Gasteiger partial charge in [-0.3, -0.25) is 4.79 Å². The van der Waals surface area contributed by atoms with Crippen LogP contribution in [0.15, 0.2) is 42.5 Å². The molecule has 0 saturated heterocycles. The Bertz CT molecular complexity index is 921. The fraction of sp³-hybridized carbons (Fsp3) is 0.250. The molecule has 1 heterocycles. The molecule has 0 bridgehead atoms. The third kappa shape index (κ3) is 1.93. The molecule has 0 spiro atoms. The second-order valence-corrected chi connectivity index (χ2v) is 6.14. The number of nitrogens with zero attached hydrogens (tertiary/aromatic N) is 1. The maximum absolute atomic E-state index is 12.8. The number of hydrogen-bond donors (Lipinski definition) is 1. The van der Waals surface area contributed by atoms with Crippen molar-refractivity contribution in [2.24, 2.45) is 7.05 Å². The maximum atomic E-state index is 12.8. The number of hydrogen-bond acceptors (Lipinski definition) is 2. The molecule has 3 heteroatoms. The van der Waals surface area contributed by atoms with E-state index in [0.29, 0.717) is 0 Å². The summed E-state index contributed by atoms with van der Waals surface area (Å²) in [6.07, 6.45) is 2.29. The van der Waals surface area contributed by atoms with Crippen LogP contribution in [0, 0.1) is 0 Å². The van der Waals surface area contributed by atoms with Crippen LogP contribution >= 0.6 is 0 Å². The first kappa shape index (κ1) is 14.1. The van der Waals surface area contributed by atoms with Gasteiger partial charge in [-0.25, -0.2) is 0 Å². The molecule has 0 aliphatic heterocycles. The van der Waals surface area contributed by atoms with Crippen molar-refractivity contribution in [1.82, 2.24) is 4.57 Å². The van der Waals surface area contributed by atoms with Crippen LogP contribution in [-0.4, -0.2) is 16.9 Å². The minimum Gasteiger partial charge on any atom is -0.371 e. The van der Waals surface area contributed by atoms with E-state index < -0.39 is 0 Å². The molecule has 23 heavy (non-hydrogen) atoms. The van der Waals surface area contributed by atoms with Gasteiger partial charge in [0.2, 0.25) is 0 Å². The van der Waals surface area contributed by atoms with Gasteiger partial charge >= 0.3 is 0 Å². The topological polar surface area (TPSA) is 34.0 Å². The van der Waals surface area contributed by atoms with Crippen molar-refractivity contribution >= 4 is 22.5 Å². The highest BCUT2D eigenvalue weighted by atomic mass is 16.1. The number of rotatable bonds is 4. The number of unbranched alkanes of at least 4 members (excludes halogenated alkanes) is 1. The number of ketones is 1. The number of aryl methyl sites for hydroxylation is 1. The molecule has 0 fully saturated rings. The summed E-state index contributed by atoms with van der Waals surface area (Å²) in [5.41, 5.74) is 4.94. The molecule has 3 nitrogen and oxygen atoms in total. The van der Waals surface area contributed by atoms with Gasteiger partial charge in [-0.15, -0.1) is 0 Å². The van der Waals surface area contributed by atoms with Gasteiger partial charge in [0.05, 0.1) is 5.52 Å². The van der Waals surface area contributed by atoms with Crippen molar-refractivity contribution in [3.8, 4) is 11.1 Å². The normalized spacial score (nSPS) is 12.5. The van der Waals surface area contributed by atoms with Crippen LogP contribution in [0.1, 0.15) is 35.7 Å². The van der Waals surface area contributed by atoms with Gasteiger partial charge in [-0.2, -0.15) is 0 Å². The molecule has 116 valence electrons. The monoisotopic (exact) mass is 304 g/mol. The van der Waals surface area contributed by atoms with E-state index in [4.69, 9.17) is 0 Å². The minimum absolute atomic E-state index is 0.129. The lowest BCUT2D eigenvalue weighted by molar-refractivity contribution is 0.104. The van der Waals surface area contributed by atoms with Crippen molar-refractivity contribution in [2.45, 2.75) is 19.8 Å². The summed E-state index contributed by atoms with van der Waals surface area (Å²) in [5.74, 6) is 1.24. The minimum atomic E-state index is 0.129. The first-order valence-electron chi connectivity index (χ1n) is 8.23. The molecule has 1 aromatic heterocycles. The van der Waals surface area contributed by atoms with Gasteiger partial charge in [0.25, 0.3) is 0 Å². The Labute approximate surface area is 135 Å². The lowest BCUT2D eigenvalue weighted by atomic mass is 9.85. The Morgan fingerprint density at radius 3 is 2.52 bits per heavy atom. The number of aromatic nitrogens is 1. The zero-order valence-electron chi connectivity index (χ0n) is 13.5. The Morgan fingerprint density at radius 2 is 1.74 bits per heavy atom. The van der Waals surface area contributed by atoms with E-state index in [1.54, 1.807) is 0 Å². The highest BCUT2D eigenvalue weighted by Gasteiger charge is 2.29. The fourth-order valence-electron chi connectivity index (χ4n) is 3.58. The molecule has 0 atom stereocenters. The van der Waals surface area contributed by atoms with Gasteiger partial charge in [-0.1, -0.05) is 49.7 Å². The molecular weight excluding hydrogens is 284 g/mol. The number of carbonyl (C=O) groups excluding carboxylic acids is 1. The summed E-state index contributed by atoms with van der Waals surface area (Å²) in [4.78, 5) is 12.8. The summed E-state index contributed by atoms with van der Waals surface area (Å²) < 4.78 is 2.18. The summed E-state index contributed by atoms with van der Waals surface area (Å²) in [7, 11) is 2.07. The van der Waals surface area contributed by atoms with Crippen LogP contribution in [0.2, 0.25) is 0 Å². The molecule has 1 N–H and O–H groups in total. The molecule has 3 aromatic rings. The van der Waals surface area contributed by atoms with Crippen LogP contribution in [0.4, 0.5) is 5.82 Å². The zero-order valence-corrected chi connectivity index (χ0v) is 13.5. The lowest BCUT2D eigenvalue weighted by Crippen LogP contribution is -2.10. The molecule has 1 aliphatic carbocycles. The zero-order chi connectivity index (χ0) is 16.0. The molecule has 2 aromatic carbocycles. The van der Waals surface area contributed by atoms with Gasteiger partial charge in [0.1, 0.15) is 5.82 Å². The molecule has 0 radical (unpaired) electrons. The van der Waals surface area contributed by atoms with Gasteiger partial charge in [0.15, 0.2) is 5.78 Å². The smallest absolute Gasteiger partial charge is 0.194 e. The Morgan fingerprint density at radius 1 is 1.00 bits per heavy atom. The largest absolute Gasteiger partial charge is 0.371 e. The number of benzene rings is 2. The number of carbonyl (C=O) groups is 1. The molecule has 1 aliphatic rings. The maximum Gasteiger partial charge on any atom is 0.194 e. The number of fused-ring (bicyclic) bond motifs is 2. The molecule has 0 amide bonds. The predicted molar refractivity (Wildman–Crippen MR) is 95.2 cm³/mol. The van der Waals surface area contributed by atoms with Crippen LogP contribution < -0.4 is 5.32 Å².